The van der Waals surface area contributed by atoms with Crippen molar-refractivity contribution in [1.29, 1.82) is 0 Å². The zero-order valence-electron chi connectivity index (χ0n) is 13.1. The molecule has 1 saturated heterocycles. The van der Waals surface area contributed by atoms with Gasteiger partial charge in [0.25, 0.3) is 0 Å². The maximum Gasteiger partial charge on any atom is 0.226 e. The van der Waals surface area contributed by atoms with Crippen molar-refractivity contribution in [2.24, 2.45) is 5.92 Å². The van der Waals surface area contributed by atoms with E-state index in [4.69, 9.17) is 4.52 Å². The van der Waals surface area contributed by atoms with Crippen LogP contribution in [0.25, 0.3) is 0 Å². The molecule has 1 unspecified atom stereocenters. The van der Waals surface area contributed by atoms with Gasteiger partial charge < -0.3 is 9.84 Å². The second-order valence-electron chi connectivity index (χ2n) is 6.13. The van der Waals surface area contributed by atoms with Crippen molar-refractivity contribution in [3.8, 4) is 0 Å². The van der Waals surface area contributed by atoms with Crippen LogP contribution in [-0.2, 0) is 13.0 Å². The van der Waals surface area contributed by atoms with Crippen LogP contribution in [0.15, 0.2) is 4.52 Å². The average molecular weight is 280 g/mol. The Bertz CT molecular complexity index is 391. The zero-order chi connectivity index (χ0) is 14.4. The molecule has 0 spiro atoms. The van der Waals surface area contributed by atoms with Crippen LogP contribution in [0.3, 0.4) is 0 Å². The van der Waals surface area contributed by atoms with Gasteiger partial charge in [0, 0.05) is 19.0 Å². The summed E-state index contributed by atoms with van der Waals surface area (Å²) in [4.78, 5) is 6.93. The highest BCUT2D eigenvalue weighted by Gasteiger charge is 2.23. The Morgan fingerprint density at radius 2 is 2.25 bits per heavy atom. The summed E-state index contributed by atoms with van der Waals surface area (Å²) in [6.45, 7) is 10.6. The van der Waals surface area contributed by atoms with E-state index in [9.17, 15) is 0 Å². The topological polar surface area (TPSA) is 54.2 Å². The highest BCUT2D eigenvalue weighted by Crippen LogP contribution is 2.18. The van der Waals surface area contributed by atoms with E-state index in [-0.39, 0.29) is 0 Å². The fourth-order valence-electron chi connectivity index (χ4n) is 2.72. The number of aromatic nitrogens is 2. The molecule has 1 atom stereocenters. The van der Waals surface area contributed by atoms with Gasteiger partial charge in [0.15, 0.2) is 5.82 Å². The molecule has 114 valence electrons. The Labute approximate surface area is 122 Å². The third kappa shape index (κ3) is 4.56. The van der Waals surface area contributed by atoms with Crippen molar-refractivity contribution in [1.82, 2.24) is 20.4 Å². The van der Waals surface area contributed by atoms with Crippen molar-refractivity contribution in [3.63, 3.8) is 0 Å². The third-order valence-electron chi connectivity index (χ3n) is 3.84. The van der Waals surface area contributed by atoms with Crippen molar-refractivity contribution in [2.45, 2.75) is 59.0 Å². The summed E-state index contributed by atoms with van der Waals surface area (Å²) < 4.78 is 5.20. The van der Waals surface area contributed by atoms with E-state index in [1.54, 1.807) is 0 Å². The quantitative estimate of drug-likeness (QED) is 0.830. The number of rotatable bonds is 7. The zero-order valence-corrected chi connectivity index (χ0v) is 13.1. The number of nitrogens with zero attached hydrogens (tertiary/aromatic N) is 3. The summed E-state index contributed by atoms with van der Waals surface area (Å²) in [5.74, 6) is 2.28. The number of hydrogen-bond acceptors (Lipinski definition) is 5. The Kier molecular flexibility index (Phi) is 5.98. The molecule has 1 aromatic rings. The van der Waals surface area contributed by atoms with Crippen LogP contribution in [0.2, 0.25) is 0 Å². The number of hydrogen-bond donors (Lipinski definition) is 1. The molecule has 0 aromatic carbocycles. The minimum Gasteiger partial charge on any atom is -0.339 e. The fraction of sp³-hybridized carbons (Fsp3) is 0.867. The van der Waals surface area contributed by atoms with E-state index in [1.807, 2.05) is 6.92 Å². The van der Waals surface area contributed by atoms with E-state index in [1.165, 1.54) is 19.3 Å². The Morgan fingerprint density at radius 3 is 2.95 bits per heavy atom. The second-order valence-corrected chi connectivity index (χ2v) is 6.13. The van der Waals surface area contributed by atoms with Crippen LogP contribution < -0.4 is 5.32 Å². The van der Waals surface area contributed by atoms with Crippen LogP contribution in [0.1, 0.15) is 51.7 Å². The molecular weight excluding hydrogens is 252 g/mol. The van der Waals surface area contributed by atoms with Gasteiger partial charge in [-0.25, -0.2) is 0 Å². The van der Waals surface area contributed by atoms with Gasteiger partial charge in [-0.2, -0.15) is 4.98 Å². The van der Waals surface area contributed by atoms with E-state index in [0.29, 0.717) is 12.0 Å². The van der Waals surface area contributed by atoms with Gasteiger partial charge in [-0.1, -0.05) is 32.3 Å². The summed E-state index contributed by atoms with van der Waals surface area (Å²) in [5, 5.41) is 7.66. The molecule has 0 saturated carbocycles. The van der Waals surface area contributed by atoms with Crippen LogP contribution >= 0.6 is 0 Å². The highest BCUT2D eigenvalue weighted by molar-refractivity contribution is 4.89. The largest absolute Gasteiger partial charge is 0.339 e. The highest BCUT2D eigenvalue weighted by atomic mass is 16.5. The summed E-state index contributed by atoms with van der Waals surface area (Å²) in [5.41, 5.74) is 0. The standard InChI is InChI=1S/C15H28N4O/c1-4-15-17-14(18-20-15)11-19-8-6-5-7-13(19)10-16-9-12(2)3/h12-13,16H,4-11H2,1-3H3. The van der Waals surface area contributed by atoms with Crippen LogP contribution in [0.5, 0.6) is 0 Å². The molecule has 0 bridgehead atoms. The lowest BCUT2D eigenvalue weighted by atomic mass is 10.0. The molecule has 2 rings (SSSR count). The average Bonchev–Trinajstić information content (AvgIpc) is 2.88. The van der Waals surface area contributed by atoms with Gasteiger partial charge in [0.1, 0.15) is 0 Å². The number of piperidine rings is 1. The Hall–Kier alpha value is -0.940. The molecule has 1 N–H and O–H groups in total. The Morgan fingerprint density at radius 1 is 1.40 bits per heavy atom. The van der Waals surface area contributed by atoms with Gasteiger partial charge in [-0.05, 0) is 31.8 Å². The molecule has 1 aliphatic rings. The third-order valence-corrected chi connectivity index (χ3v) is 3.84. The van der Waals surface area contributed by atoms with Gasteiger partial charge in [0.2, 0.25) is 5.89 Å². The number of nitrogens with one attached hydrogen (secondary N) is 1. The van der Waals surface area contributed by atoms with Crippen LogP contribution in [0, 0.1) is 5.92 Å². The summed E-state index contributed by atoms with van der Waals surface area (Å²) in [6.07, 6.45) is 4.69. The molecule has 0 radical (unpaired) electrons. The van der Waals surface area contributed by atoms with Crippen molar-refractivity contribution < 1.29 is 4.52 Å². The summed E-state index contributed by atoms with van der Waals surface area (Å²) in [7, 11) is 0. The smallest absolute Gasteiger partial charge is 0.226 e. The summed E-state index contributed by atoms with van der Waals surface area (Å²) >= 11 is 0. The van der Waals surface area contributed by atoms with Crippen LogP contribution in [0.4, 0.5) is 0 Å². The molecule has 0 aliphatic carbocycles. The first-order chi connectivity index (χ1) is 9.69. The van der Waals surface area contributed by atoms with E-state index < -0.39 is 0 Å². The molecule has 0 amide bonds. The predicted molar refractivity (Wildman–Crippen MR) is 79.4 cm³/mol. The Balaban J connectivity index is 1.85. The second kappa shape index (κ2) is 7.74. The van der Waals surface area contributed by atoms with E-state index in [0.717, 1.165) is 44.3 Å². The van der Waals surface area contributed by atoms with E-state index >= 15 is 0 Å². The first kappa shape index (κ1) is 15.4. The molecule has 2 heterocycles. The molecule has 20 heavy (non-hydrogen) atoms. The molecule has 1 aromatic heterocycles. The van der Waals surface area contributed by atoms with Crippen molar-refractivity contribution in [3.05, 3.63) is 11.7 Å². The molecule has 5 heteroatoms. The van der Waals surface area contributed by atoms with Gasteiger partial charge in [0.05, 0.1) is 6.54 Å². The fourth-order valence-corrected chi connectivity index (χ4v) is 2.72. The maximum atomic E-state index is 5.20. The SMILES string of the molecule is CCc1nc(CN2CCCCC2CNCC(C)C)no1. The number of aryl methyl sites for hydroxylation is 1. The van der Waals surface area contributed by atoms with E-state index in [2.05, 4.69) is 34.2 Å². The molecular formula is C15H28N4O. The van der Waals surface area contributed by atoms with Gasteiger partial charge in [-0.3, -0.25) is 4.90 Å². The molecule has 5 nitrogen and oxygen atoms in total. The number of likely N-dealkylation sites (tertiary alicyclic amines) is 1. The van der Waals surface area contributed by atoms with Gasteiger partial charge in [-0.15, -0.1) is 0 Å². The predicted octanol–water partition coefficient (Wildman–Crippen LogP) is 2.23. The van der Waals surface area contributed by atoms with Crippen molar-refractivity contribution >= 4 is 0 Å². The van der Waals surface area contributed by atoms with Crippen molar-refractivity contribution in [2.75, 3.05) is 19.6 Å². The molecule has 1 fully saturated rings. The first-order valence-corrected chi connectivity index (χ1v) is 7.95. The monoisotopic (exact) mass is 280 g/mol. The lowest BCUT2D eigenvalue weighted by Gasteiger charge is -2.35. The van der Waals surface area contributed by atoms with Gasteiger partial charge >= 0.3 is 0 Å². The normalized spacial score (nSPS) is 20.7. The minimum atomic E-state index is 0.603. The van der Waals surface area contributed by atoms with Crippen LogP contribution in [-0.4, -0.2) is 40.7 Å². The summed E-state index contributed by atoms with van der Waals surface area (Å²) in [6, 6.07) is 0.603. The molecule has 1 aliphatic heterocycles. The maximum absolute atomic E-state index is 5.20. The minimum absolute atomic E-state index is 0.603. The lowest BCUT2D eigenvalue weighted by Crippen LogP contribution is -2.45. The lowest BCUT2D eigenvalue weighted by molar-refractivity contribution is 0.132. The first-order valence-electron chi connectivity index (χ1n) is 7.95.